The highest BCUT2D eigenvalue weighted by atomic mass is 16.6. The van der Waals surface area contributed by atoms with Crippen molar-refractivity contribution in [2.45, 2.75) is 44.8 Å². The third-order valence-electron chi connectivity index (χ3n) is 6.61. The number of amides is 1. The Morgan fingerprint density at radius 3 is 2.97 bits per heavy atom. The summed E-state index contributed by atoms with van der Waals surface area (Å²) >= 11 is 0. The lowest BCUT2D eigenvalue weighted by Crippen LogP contribution is -2.45. The Balaban J connectivity index is 1.26. The highest BCUT2D eigenvalue weighted by Crippen LogP contribution is 2.44. The maximum atomic E-state index is 13.2. The number of cyclic esters (lactones) is 1. The van der Waals surface area contributed by atoms with Crippen LogP contribution in [0.2, 0.25) is 0 Å². The number of likely N-dealkylation sites (tertiary alicyclic amines) is 1. The molecule has 3 aliphatic rings. The van der Waals surface area contributed by atoms with Crippen LogP contribution in [0.1, 0.15) is 41.6 Å². The lowest BCUT2D eigenvalue weighted by Gasteiger charge is -2.37. The Morgan fingerprint density at radius 1 is 1.31 bits per heavy atom. The van der Waals surface area contributed by atoms with E-state index in [4.69, 9.17) is 4.74 Å². The molecule has 1 spiro atoms. The second kappa shape index (κ2) is 7.21. The predicted molar refractivity (Wildman–Crippen MR) is 108 cm³/mol. The fourth-order valence-corrected chi connectivity index (χ4v) is 4.97. The number of ether oxygens (including phenoxy) is 1. The SMILES string of the molecule is O=C(c1cccc2c1NCCC2)N1CCC2(CC1)CC(Cn1ccnc1)OC2=O. The van der Waals surface area contributed by atoms with Gasteiger partial charge in [-0.1, -0.05) is 12.1 Å². The summed E-state index contributed by atoms with van der Waals surface area (Å²) < 4.78 is 7.63. The summed E-state index contributed by atoms with van der Waals surface area (Å²) in [5.74, 6) is -0.0408. The molecular formula is C22H26N4O3. The molecule has 2 saturated heterocycles. The van der Waals surface area contributed by atoms with Crippen LogP contribution in [-0.2, 0) is 22.5 Å². The zero-order valence-corrected chi connectivity index (χ0v) is 16.5. The van der Waals surface area contributed by atoms with E-state index in [0.29, 0.717) is 38.9 Å². The van der Waals surface area contributed by atoms with E-state index in [-0.39, 0.29) is 18.0 Å². The number of benzene rings is 1. The van der Waals surface area contributed by atoms with Crippen molar-refractivity contribution >= 4 is 17.6 Å². The van der Waals surface area contributed by atoms with Crippen LogP contribution in [-0.4, -0.2) is 52.1 Å². The molecule has 1 atom stereocenters. The van der Waals surface area contributed by atoms with Crippen molar-refractivity contribution in [2.75, 3.05) is 25.0 Å². The van der Waals surface area contributed by atoms with Crippen molar-refractivity contribution in [3.8, 4) is 0 Å². The molecule has 1 N–H and O–H groups in total. The molecule has 29 heavy (non-hydrogen) atoms. The summed E-state index contributed by atoms with van der Waals surface area (Å²) in [6, 6.07) is 5.98. The van der Waals surface area contributed by atoms with Crippen LogP contribution >= 0.6 is 0 Å². The molecule has 1 aromatic heterocycles. The van der Waals surface area contributed by atoms with Gasteiger partial charge >= 0.3 is 5.97 Å². The number of aryl methyl sites for hydroxylation is 1. The van der Waals surface area contributed by atoms with Crippen molar-refractivity contribution in [3.63, 3.8) is 0 Å². The van der Waals surface area contributed by atoms with Gasteiger partial charge in [-0.25, -0.2) is 4.98 Å². The van der Waals surface area contributed by atoms with Crippen molar-refractivity contribution in [3.05, 3.63) is 48.0 Å². The number of carbonyl (C=O) groups excluding carboxylic acids is 2. The van der Waals surface area contributed by atoms with Crippen LogP contribution in [0.3, 0.4) is 0 Å². The van der Waals surface area contributed by atoms with E-state index in [0.717, 1.165) is 30.6 Å². The molecule has 7 heteroatoms. The molecule has 1 amide bonds. The molecule has 0 radical (unpaired) electrons. The minimum atomic E-state index is -0.448. The lowest BCUT2D eigenvalue weighted by atomic mass is 9.76. The monoisotopic (exact) mass is 394 g/mol. The number of nitrogens with zero attached hydrogens (tertiary/aromatic N) is 3. The van der Waals surface area contributed by atoms with Crippen LogP contribution < -0.4 is 5.32 Å². The predicted octanol–water partition coefficient (Wildman–Crippen LogP) is 2.48. The number of para-hydroxylation sites is 1. The number of piperidine rings is 1. The molecule has 1 unspecified atom stereocenters. The lowest BCUT2D eigenvalue weighted by molar-refractivity contribution is -0.150. The standard InChI is InChI=1S/C22H26N4O3/c27-20(18-5-1-3-16-4-2-8-24-19(16)18)26-10-6-22(7-11-26)13-17(29-21(22)28)14-25-12-9-23-15-25/h1,3,5,9,12,15,17,24H,2,4,6-8,10-11,13-14H2. The first-order valence-electron chi connectivity index (χ1n) is 10.5. The second-order valence-corrected chi connectivity index (χ2v) is 8.43. The fraction of sp³-hybridized carbons (Fsp3) is 0.500. The number of esters is 1. The van der Waals surface area contributed by atoms with Crippen molar-refractivity contribution < 1.29 is 14.3 Å². The Bertz CT molecular complexity index is 916. The van der Waals surface area contributed by atoms with Crippen LogP contribution in [0, 0.1) is 5.41 Å². The highest BCUT2D eigenvalue weighted by Gasteiger charge is 2.51. The Kier molecular flexibility index (Phi) is 4.53. The van der Waals surface area contributed by atoms with Gasteiger partial charge in [0.15, 0.2) is 0 Å². The molecule has 4 heterocycles. The van der Waals surface area contributed by atoms with Gasteiger partial charge in [-0.3, -0.25) is 9.59 Å². The molecule has 1 aromatic carbocycles. The second-order valence-electron chi connectivity index (χ2n) is 8.43. The number of imidazole rings is 1. The smallest absolute Gasteiger partial charge is 0.312 e. The molecule has 3 aliphatic heterocycles. The number of nitrogens with one attached hydrogen (secondary N) is 1. The maximum Gasteiger partial charge on any atom is 0.312 e. The number of hydrogen-bond donors (Lipinski definition) is 1. The van der Waals surface area contributed by atoms with Gasteiger partial charge in [0.25, 0.3) is 5.91 Å². The Labute approximate surface area is 170 Å². The van der Waals surface area contributed by atoms with Crippen molar-refractivity contribution in [1.82, 2.24) is 14.5 Å². The topological polar surface area (TPSA) is 76.5 Å². The summed E-state index contributed by atoms with van der Waals surface area (Å²) in [7, 11) is 0. The minimum Gasteiger partial charge on any atom is -0.460 e. The number of rotatable bonds is 3. The zero-order chi connectivity index (χ0) is 19.8. The summed E-state index contributed by atoms with van der Waals surface area (Å²) in [4.78, 5) is 31.8. The van der Waals surface area contributed by atoms with Crippen molar-refractivity contribution in [1.29, 1.82) is 0 Å². The van der Waals surface area contributed by atoms with Gasteiger partial charge in [0.1, 0.15) is 6.10 Å². The van der Waals surface area contributed by atoms with E-state index < -0.39 is 5.41 Å². The van der Waals surface area contributed by atoms with E-state index >= 15 is 0 Å². The third kappa shape index (κ3) is 3.28. The number of anilines is 1. The van der Waals surface area contributed by atoms with Gasteiger partial charge < -0.3 is 19.5 Å². The molecule has 0 saturated carbocycles. The third-order valence-corrected chi connectivity index (χ3v) is 6.61. The highest BCUT2D eigenvalue weighted by molar-refractivity contribution is 6.00. The van der Waals surface area contributed by atoms with Gasteiger partial charge in [0, 0.05) is 38.4 Å². The molecule has 152 valence electrons. The fourth-order valence-electron chi connectivity index (χ4n) is 4.97. The maximum absolute atomic E-state index is 13.2. The molecule has 0 bridgehead atoms. The van der Waals surface area contributed by atoms with E-state index in [9.17, 15) is 9.59 Å². The molecule has 2 fully saturated rings. The molecule has 2 aromatic rings. The van der Waals surface area contributed by atoms with E-state index in [1.54, 1.807) is 12.5 Å². The molecular weight excluding hydrogens is 368 g/mol. The molecule has 7 nitrogen and oxygen atoms in total. The number of carbonyl (C=O) groups is 2. The van der Waals surface area contributed by atoms with Gasteiger partial charge in [0.05, 0.1) is 29.5 Å². The van der Waals surface area contributed by atoms with Gasteiger partial charge in [-0.05, 0) is 37.3 Å². The number of fused-ring (bicyclic) bond motifs is 1. The zero-order valence-electron chi connectivity index (χ0n) is 16.5. The Morgan fingerprint density at radius 2 is 2.17 bits per heavy atom. The van der Waals surface area contributed by atoms with Gasteiger partial charge in [0.2, 0.25) is 0 Å². The molecule has 0 aliphatic carbocycles. The summed E-state index contributed by atoms with van der Waals surface area (Å²) in [5.41, 5.74) is 2.52. The minimum absolute atomic E-state index is 0.0624. The first-order valence-corrected chi connectivity index (χ1v) is 10.5. The van der Waals surface area contributed by atoms with E-state index in [1.807, 2.05) is 27.8 Å². The van der Waals surface area contributed by atoms with E-state index in [2.05, 4.69) is 16.4 Å². The Hall–Kier alpha value is -2.83. The summed E-state index contributed by atoms with van der Waals surface area (Å²) in [6.07, 6.45) is 9.40. The van der Waals surface area contributed by atoms with E-state index in [1.165, 1.54) is 5.56 Å². The van der Waals surface area contributed by atoms with Crippen LogP contribution in [0.4, 0.5) is 5.69 Å². The van der Waals surface area contributed by atoms with Crippen molar-refractivity contribution in [2.24, 2.45) is 5.41 Å². The van der Waals surface area contributed by atoms with Gasteiger partial charge in [-0.15, -0.1) is 0 Å². The first-order chi connectivity index (χ1) is 14.1. The molecule has 5 rings (SSSR count). The van der Waals surface area contributed by atoms with Crippen LogP contribution in [0.15, 0.2) is 36.9 Å². The largest absolute Gasteiger partial charge is 0.460 e. The number of aromatic nitrogens is 2. The normalized spacial score (nSPS) is 22.8. The average Bonchev–Trinajstić information content (AvgIpc) is 3.36. The summed E-state index contributed by atoms with van der Waals surface area (Å²) in [6.45, 7) is 2.73. The van der Waals surface area contributed by atoms with Gasteiger partial charge in [-0.2, -0.15) is 0 Å². The first kappa shape index (κ1) is 18.2. The van der Waals surface area contributed by atoms with Crippen LogP contribution in [0.5, 0.6) is 0 Å². The average molecular weight is 394 g/mol. The summed E-state index contributed by atoms with van der Waals surface area (Å²) in [5, 5.41) is 3.40. The quantitative estimate of drug-likeness (QED) is 0.810. The number of hydrogen-bond acceptors (Lipinski definition) is 5. The van der Waals surface area contributed by atoms with Crippen LogP contribution in [0.25, 0.3) is 0 Å².